The molecule has 3 heterocycles. The van der Waals surface area contributed by atoms with Crippen LogP contribution in [0.4, 0.5) is 0 Å². The second-order valence-electron chi connectivity index (χ2n) is 27.1. The van der Waals surface area contributed by atoms with Gasteiger partial charge in [-0.25, -0.2) is 0 Å². The Labute approximate surface area is 496 Å². The van der Waals surface area contributed by atoms with Crippen LogP contribution in [0.15, 0.2) is 0 Å². The molecule has 0 radical (unpaired) electrons. The average molecular weight is 1220 g/mol. The van der Waals surface area contributed by atoms with Gasteiger partial charge in [-0.05, 0) is 125 Å². The fourth-order valence-electron chi connectivity index (χ4n) is 7.80. The van der Waals surface area contributed by atoms with Crippen LogP contribution >= 0.6 is 0 Å². The summed E-state index contributed by atoms with van der Waals surface area (Å²) in [6.07, 6.45) is -28.9. The molecule has 27 nitrogen and oxygen atoms in total. The van der Waals surface area contributed by atoms with Crippen molar-refractivity contribution < 1.29 is 129 Å². The highest BCUT2D eigenvalue weighted by Gasteiger charge is 2.62. The minimum absolute atomic E-state index is 0.736. The van der Waals surface area contributed by atoms with Gasteiger partial charge in [0.2, 0.25) is 12.4 Å². The van der Waals surface area contributed by atoms with Crippen molar-refractivity contribution in [3.63, 3.8) is 0 Å². The fraction of sp³-hybridized carbons (Fsp3) is 0.810. The quantitative estimate of drug-likeness (QED) is 0.131. The molecule has 0 spiro atoms. The molecule has 0 amide bonds. The van der Waals surface area contributed by atoms with Crippen molar-refractivity contribution in [3.05, 3.63) is 0 Å². The summed E-state index contributed by atoms with van der Waals surface area (Å²) in [4.78, 5) is 149. The summed E-state index contributed by atoms with van der Waals surface area (Å²) in [6, 6.07) is 0. The van der Waals surface area contributed by atoms with Gasteiger partial charge in [0.25, 0.3) is 0 Å². The number of hydrogen-bond donors (Lipinski definition) is 0. The van der Waals surface area contributed by atoms with Crippen molar-refractivity contribution in [2.24, 2.45) is 32.5 Å². The van der Waals surface area contributed by atoms with Crippen molar-refractivity contribution in [1.29, 1.82) is 0 Å². The predicted molar refractivity (Wildman–Crippen MR) is 289 cm³/mol. The van der Waals surface area contributed by atoms with E-state index in [0.717, 1.165) is 34.6 Å². The van der Waals surface area contributed by atoms with Crippen LogP contribution in [0.25, 0.3) is 0 Å². The van der Waals surface area contributed by atoms with Crippen molar-refractivity contribution in [2.75, 3.05) is 19.8 Å². The first-order chi connectivity index (χ1) is 38.5. The van der Waals surface area contributed by atoms with Crippen molar-refractivity contribution in [3.8, 4) is 0 Å². The molecule has 3 fully saturated rings. The van der Waals surface area contributed by atoms with E-state index >= 15 is 0 Å². The molecule has 484 valence electrons. The maximum atomic E-state index is 14.6. The standard InChI is InChI=1S/C58H90O27/c1-27(59)70-24-32-35(73-28(2)60)38(74-29(3)61)41(75-30(4)62)45(78-32)81-39-37(82-49(66)55(12,13)14)34(26-72-48(65)54(9,10)11)79-46(42(39)84-51(68)57(18,19)20)80-36-33(25-71-47(64)53(6,7)8)77-44(76-31(5)63)43(85-52(69)58(21,22)23)40(36)83-50(67)56(15,16)17/h32-46H,24-26H2,1-23H3/t32-,33-,34-,35+,36-,37+,38+,39+,40+,41-,42-,43-,44?,45-,46+/m1/s1. The number of rotatable bonds is 18. The van der Waals surface area contributed by atoms with E-state index in [1.165, 1.54) is 83.1 Å². The second kappa shape index (κ2) is 28.7. The van der Waals surface area contributed by atoms with E-state index in [1.807, 2.05) is 0 Å². The highest BCUT2D eigenvalue weighted by molar-refractivity contribution is 5.78. The Morgan fingerprint density at radius 1 is 0.259 bits per heavy atom. The predicted octanol–water partition coefficient (Wildman–Crippen LogP) is 4.86. The van der Waals surface area contributed by atoms with Gasteiger partial charge in [-0.15, -0.1) is 0 Å². The summed E-state index contributed by atoms with van der Waals surface area (Å²) in [6.45, 7) is 29.8. The SMILES string of the molecule is CC(=O)OC[C@H]1O[C@H](O[C@H]2[C@@H](OC(=O)C(C)(C)C)[C@@H](COC(=O)C(C)(C)C)O[C@@H](O[C@H]3[C@H](OC(=O)C(C)(C)C)[C@@H](OC(=O)C(C)(C)C)C(OC(C)=O)O[C@@H]3COC(=O)C(C)(C)C)[C@@H]2OC(=O)C(C)(C)C)[C@H](OC(C)=O)[C@@H](OC(C)=O)[C@H]1OC(C)=O. The van der Waals surface area contributed by atoms with Crippen LogP contribution in [0.5, 0.6) is 0 Å². The second-order valence-corrected chi connectivity index (χ2v) is 27.1. The minimum atomic E-state index is -2.20. The maximum absolute atomic E-state index is 14.6. The summed E-state index contributed by atoms with van der Waals surface area (Å²) >= 11 is 0. The lowest BCUT2D eigenvalue weighted by Crippen LogP contribution is -2.69. The van der Waals surface area contributed by atoms with Gasteiger partial charge in [-0.1, -0.05) is 0 Å². The average Bonchev–Trinajstić information content (AvgIpc) is 2.27. The van der Waals surface area contributed by atoms with Gasteiger partial charge in [-0.3, -0.25) is 52.7 Å². The van der Waals surface area contributed by atoms with E-state index < -0.39 is 210 Å². The molecule has 0 aromatic carbocycles. The Morgan fingerprint density at radius 2 is 0.506 bits per heavy atom. The van der Waals surface area contributed by atoms with E-state index in [1.54, 1.807) is 41.5 Å². The van der Waals surface area contributed by atoms with Crippen LogP contribution in [-0.2, 0) is 129 Å². The Balaban J connectivity index is 2.68. The monoisotopic (exact) mass is 1220 g/mol. The van der Waals surface area contributed by atoms with E-state index in [9.17, 15) is 52.7 Å². The van der Waals surface area contributed by atoms with Gasteiger partial charge < -0.3 is 75.8 Å². The molecule has 0 saturated carbocycles. The van der Waals surface area contributed by atoms with Crippen molar-refractivity contribution >= 4 is 65.7 Å². The third kappa shape index (κ3) is 21.4. The highest BCUT2D eigenvalue weighted by Crippen LogP contribution is 2.41. The number of hydrogen-bond acceptors (Lipinski definition) is 27. The lowest BCUT2D eigenvalue weighted by Gasteiger charge is -2.51. The number of esters is 11. The van der Waals surface area contributed by atoms with Gasteiger partial charge in [0, 0.05) is 34.6 Å². The Hall–Kier alpha value is -6.03. The normalized spacial score (nSPS) is 28.4. The topological polar surface area (TPSA) is 335 Å². The fourth-order valence-corrected chi connectivity index (χ4v) is 7.80. The number of carbonyl (C=O) groups is 11. The first kappa shape index (κ1) is 73.2. The third-order valence-electron chi connectivity index (χ3n) is 12.4. The first-order valence-corrected chi connectivity index (χ1v) is 27.8. The molecular formula is C58H90O27. The molecule has 3 saturated heterocycles. The molecule has 1 unspecified atom stereocenters. The first-order valence-electron chi connectivity index (χ1n) is 27.8. The lowest BCUT2D eigenvalue weighted by molar-refractivity contribution is -0.381. The molecule has 0 aromatic rings. The molecule has 27 heteroatoms. The minimum Gasteiger partial charge on any atom is -0.463 e. The van der Waals surface area contributed by atoms with E-state index in [-0.39, 0.29) is 0 Å². The third-order valence-corrected chi connectivity index (χ3v) is 12.4. The van der Waals surface area contributed by atoms with Crippen molar-refractivity contribution in [2.45, 2.75) is 251 Å². The summed E-state index contributed by atoms with van der Waals surface area (Å²) in [5.41, 5.74) is -7.74. The number of carbonyl (C=O) groups excluding carboxylic acids is 11. The van der Waals surface area contributed by atoms with Crippen LogP contribution in [0, 0.1) is 32.5 Å². The van der Waals surface area contributed by atoms with Crippen LogP contribution in [0.3, 0.4) is 0 Å². The summed E-state index contributed by atoms with van der Waals surface area (Å²) in [7, 11) is 0. The zero-order valence-electron chi connectivity index (χ0n) is 53.3. The molecule has 15 atom stereocenters. The Bertz CT molecular complexity index is 2420. The Kier molecular flexibility index (Phi) is 24.7. The van der Waals surface area contributed by atoms with E-state index in [0.29, 0.717) is 0 Å². The molecule has 0 aliphatic carbocycles. The summed E-state index contributed by atoms with van der Waals surface area (Å²) in [5, 5.41) is 0. The summed E-state index contributed by atoms with van der Waals surface area (Å²) < 4.78 is 97.7. The van der Waals surface area contributed by atoms with Gasteiger partial charge in [-0.2, -0.15) is 0 Å². The lowest BCUT2D eigenvalue weighted by atomic mass is 9.92. The van der Waals surface area contributed by atoms with E-state index in [4.69, 9.17) is 75.8 Å². The molecule has 0 bridgehead atoms. The Morgan fingerprint density at radius 3 is 0.859 bits per heavy atom. The molecule has 85 heavy (non-hydrogen) atoms. The zero-order chi connectivity index (χ0) is 65.4. The van der Waals surface area contributed by atoms with Crippen LogP contribution in [-0.4, -0.2) is 178 Å². The molecule has 0 aromatic heterocycles. The largest absolute Gasteiger partial charge is 0.463 e. The molecule has 3 aliphatic rings. The zero-order valence-corrected chi connectivity index (χ0v) is 53.3. The van der Waals surface area contributed by atoms with Gasteiger partial charge in [0.15, 0.2) is 49.2 Å². The van der Waals surface area contributed by atoms with Gasteiger partial charge >= 0.3 is 65.7 Å². The maximum Gasteiger partial charge on any atom is 0.311 e. The van der Waals surface area contributed by atoms with E-state index in [2.05, 4.69) is 0 Å². The molecule has 0 N–H and O–H groups in total. The van der Waals surface area contributed by atoms with Gasteiger partial charge in [0.05, 0.1) is 32.5 Å². The number of ether oxygens (including phenoxy) is 16. The van der Waals surface area contributed by atoms with Crippen LogP contribution < -0.4 is 0 Å². The van der Waals surface area contributed by atoms with Crippen LogP contribution in [0.1, 0.15) is 159 Å². The van der Waals surface area contributed by atoms with Crippen LogP contribution in [0.2, 0.25) is 0 Å². The van der Waals surface area contributed by atoms with Crippen molar-refractivity contribution in [1.82, 2.24) is 0 Å². The summed E-state index contributed by atoms with van der Waals surface area (Å²) in [5.74, 6) is -10.3. The highest BCUT2D eigenvalue weighted by atomic mass is 16.8. The molecule has 3 rings (SSSR count). The molecular weight excluding hydrogens is 1130 g/mol. The smallest absolute Gasteiger partial charge is 0.311 e. The van der Waals surface area contributed by atoms with Gasteiger partial charge in [0.1, 0.15) is 50.3 Å². The molecule has 3 aliphatic heterocycles.